The number of halogens is 1. The topological polar surface area (TPSA) is 57.7 Å². The van der Waals surface area contributed by atoms with Crippen molar-refractivity contribution in [1.82, 2.24) is 9.21 Å². The molecule has 4 rings (SSSR count). The van der Waals surface area contributed by atoms with E-state index in [0.717, 1.165) is 5.56 Å². The molecule has 0 spiro atoms. The van der Waals surface area contributed by atoms with Crippen LogP contribution in [0.4, 0.5) is 4.39 Å². The van der Waals surface area contributed by atoms with Crippen LogP contribution in [-0.4, -0.2) is 49.4 Å². The summed E-state index contributed by atoms with van der Waals surface area (Å²) in [6.07, 6.45) is 1.24. The second kappa shape index (κ2) is 6.97. The zero-order chi connectivity index (χ0) is 20.1. The lowest BCUT2D eigenvalue weighted by Crippen LogP contribution is -2.37. The van der Waals surface area contributed by atoms with Gasteiger partial charge in [-0.2, -0.15) is 4.31 Å². The van der Waals surface area contributed by atoms with Gasteiger partial charge in [0.15, 0.2) is 0 Å². The number of nitrogens with zero attached hydrogens (tertiary/aromatic N) is 2. The molecule has 0 saturated carbocycles. The number of rotatable bonds is 3. The normalized spacial score (nSPS) is 25.1. The van der Waals surface area contributed by atoms with E-state index < -0.39 is 10.0 Å². The Morgan fingerprint density at radius 1 is 1.07 bits per heavy atom. The van der Waals surface area contributed by atoms with Gasteiger partial charge < -0.3 is 4.90 Å². The number of aryl methyl sites for hydroxylation is 1. The van der Waals surface area contributed by atoms with E-state index in [1.54, 1.807) is 22.2 Å². The fourth-order valence-electron chi connectivity index (χ4n) is 4.54. The highest BCUT2D eigenvalue weighted by molar-refractivity contribution is 7.88. The Morgan fingerprint density at radius 3 is 2.43 bits per heavy atom. The first kappa shape index (κ1) is 19.1. The highest BCUT2D eigenvalue weighted by atomic mass is 32.2. The van der Waals surface area contributed by atoms with Gasteiger partial charge >= 0.3 is 0 Å². The molecule has 2 aromatic rings. The Hall–Kier alpha value is -2.25. The van der Waals surface area contributed by atoms with Crippen molar-refractivity contribution in [2.75, 3.05) is 25.9 Å². The van der Waals surface area contributed by atoms with Crippen LogP contribution in [0.1, 0.15) is 27.5 Å². The molecule has 1 amide bonds. The molecule has 0 unspecified atom stereocenters. The molecule has 0 aromatic heterocycles. The molecule has 0 radical (unpaired) electrons. The minimum Gasteiger partial charge on any atom is -0.338 e. The number of hydrogen-bond acceptors (Lipinski definition) is 3. The van der Waals surface area contributed by atoms with Gasteiger partial charge in [-0.15, -0.1) is 0 Å². The third-order valence-electron chi connectivity index (χ3n) is 5.88. The lowest BCUT2D eigenvalue weighted by atomic mass is 9.90. The molecule has 5 nitrogen and oxygen atoms in total. The fourth-order valence-corrected chi connectivity index (χ4v) is 5.69. The molecular formula is C21H23FN2O3S. The van der Waals surface area contributed by atoms with E-state index >= 15 is 0 Å². The van der Waals surface area contributed by atoms with E-state index in [1.807, 2.05) is 30.3 Å². The average molecular weight is 402 g/mol. The predicted molar refractivity (Wildman–Crippen MR) is 105 cm³/mol. The monoisotopic (exact) mass is 402 g/mol. The number of amides is 1. The molecule has 0 bridgehead atoms. The van der Waals surface area contributed by atoms with Crippen molar-refractivity contribution < 1.29 is 17.6 Å². The summed E-state index contributed by atoms with van der Waals surface area (Å²) in [5.41, 5.74) is 1.86. The van der Waals surface area contributed by atoms with Crippen LogP contribution in [0.2, 0.25) is 0 Å². The van der Waals surface area contributed by atoms with Gasteiger partial charge in [0, 0.05) is 31.1 Å². The predicted octanol–water partition coefficient (Wildman–Crippen LogP) is 2.84. The highest BCUT2D eigenvalue weighted by Crippen LogP contribution is 2.46. The number of fused-ring (bicyclic) bond motifs is 1. The smallest absolute Gasteiger partial charge is 0.253 e. The van der Waals surface area contributed by atoms with Crippen LogP contribution in [0.25, 0.3) is 0 Å². The average Bonchev–Trinajstić information content (AvgIpc) is 3.22. The molecule has 3 atom stereocenters. The number of carbonyl (C=O) groups is 1. The Balaban J connectivity index is 1.61. The second-order valence-electron chi connectivity index (χ2n) is 7.79. The summed E-state index contributed by atoms with van der Waals surface area (Å²) in [5.74, 6) is -0.328. The molecule has 2 heterocycles. The molecule has 2 fully saturated rings. The minimum atomic E-state index is -3.35. The first-order valence-electron chi connectivity index (χ1n) is 9.33. The van der Waals surface area contributed by atoms with Crippen LogP contribution in [-0.2, 0) is 10.0 Å². The van der Waals surface area contributed by atoms with Crippen molar-refractivity contribution in [1.29, 1.82) is 0 Å². The van der Waals surface area contributed by atoms with E-state index in [0.29, 0.717) is 30.8 Å². The van der Waals surface area contributed by atoms with Crippen molar-refractivity contribution in [3.63, 3.8) is 0 Å². The van der Waals surface area contributed by atoms with Crippen molar-refractivity contribution in [2.24, 2.45) is 11.8 Å². The third kappa shape index (κ3) is 3.33. The summed E-state index contributed by atoms with van der Waals surface area (Å²) >= 11 is 0. The minimum absolute atomic E-state index is 0.0441. The number of hydrogen-bond donors (Lipinski definition) is 0. The van der Waals surface area contributed by atoms with Crippen molar-refractivity contribution in [3.8, 4) is 0 Å². The summed E-state index contributed by atoms with van der Waals surface area (Å²) in [4.78, 5) is 14.7. The van der Waals surface area contributed by atoms with Crippen LogP contribution in [0.3, 0.4) is 0 Å². The SMILES string of the molecule is Cc1cc(C(=O)N2C[C@@H]3CN(S(C)(=O)=O)[C@@H](c4ccccc4)[C@@H]3C2)ccc1F. The molecule has 28 heavy (non-hydrogen) atoms. The van der Waals surface area contributed by atoms with Crippen molar-refractivity contribution >= 4 is 15.9 Å². The first-order chi connectivity index (χ1) is 13.3. The third-order valence-corrected chi connectivity index (χ3v) is 7.11. The van der Waals surface area contributed by atoms with Crippen molar-refractivity contribution in [3.05, 3.63) is 71.0 Å². The zero-order valence-corrected chi connectivity index (χ0v) is 16.7. The van der Waals surface area contributed by atoms with E-state index in [1.165, 1.54) is 18.4 Å². The Kier molecular flexibility index (Phi) is 4.75. The van der Waals surface area contributed by atoms with Crippen LogP contribution < -0.4 is 0 Å². The number of benzene rings is 2. The molecule has 0 N–H and O–H groups in total. The van der Waals surface area contributed by atoms with E-state index in [4.69, 9.17) is 0 Å². The number of sulfonamides is 1. The van der Waals surface area contributed by atoms with Crippen LogP contribution in [0.5, 0.6) is 0 Å². The number of likely N-dealkylation sites (tertiary alicyclic amines) is 1. The van der Waals surface area contributed by atoms with Gasteiger partial charge in [0.05, 0.1) is 12.3 Å². The molecule has 2 aliphatic heterocycles. The lowest BCUT2D eigenvalue weighted by molar-refractivity contribution is 0.0773. The fraction of sp³-hybridized carbons (Fsp3) is 0.381. The van der Waals surface area contributed by atoms with Crippen LogP contribution in [0, 0.1) is 24.6 Å². The van der Waals surface area contributed by atoms with E-state index in [2.05, 4.69) is 0 Å². The Labute approximate surface area is 164 Å². The van der Waals surface area contributed by atoms with E-state index in [-0.39, 0.29) is 29.6 Å². The summed E-state index contributed by atoms with van der Waals surface area (Å²) in [7, 11) is -3.35. The molecule has 2 aromatic carbocycles. The van der Waals surface area contributed by atoms with Crippen molar-refractivity contribution in [2.45, 2.75) is 13.0 Å². The maximum atomic E-state index is 13.5. The number of carbonyl (C=O) groups excluding carboxylic acids is 1. The molecular weight excluding hydrogens is 379 g/mol. The van der Waals surface area contributed by atoms with Crippen LogP contribution in [0.15, 0.2) is 48.5 Å². The molecule has 148 valence electrons. The molecule has 0 aliphatic carbocycles. The quantitative estimate of drug-likeness (QED) is 0.793. The zero-order valence-electron chi connectivity index (χ0n) is 15.9. The lowest BCUT2D eigenvalue weighted by Gasteiger charge is -2.28. The maximum absolute atomic E-state index is 13.5. The van der Waals surface area contributed by atoms with Crippen LogP contribution >= 0.6 is 0 Å². The summed E-state index contributed by atoms with van der Waals surface area (Å²) in [6.45, 7) is 3.05. The highest BCUT2D eigenvalue weighted by Gasteiger charge is 2.51. The molecule has 7 heteroatoms. The maximum Gasteiger partial charge on any atom is 0.253 e. The Morgan fingerprint density at radius 2 is 1.79 bits per heavy atom. The summed E-state index contributed by atoms with van der Waals surface area (Å²) in [6, 6.07) is 13.7. The molecule has 2 saturated heterocycles. The summed E-state index contributed by atoms with van der Waals surface area (Å²) in [5, 5.41) is 0. The van der Waals surface area contributed by atoms with Gasteiger partial charge in [0.2, 0.25) is 10.0 Å². The van der Waals surface area contributed by atoms with Gasteiger partial charge in [0.1, 0.15) is 5.82 Å². The van der Waals surface area contributed by atoms with E-state index in [9.17, 15) is 17.6 Å². The largest absolute Gasteiger partial charge is 0.338 e. The Bertz CT molecular complexity index is 1010. The van der Waals surface area contributed by atoms with Gasteiger partial charge in [0.25, 0.3) is 5.91 Å². The molecule has 2 aliphatic rings. The van der Waals surface area contributed by atoms with Gasteiger partial charge in [-0.1, -0.05) is 30.3 Å². The van der Waals surface area contributed by atoms with Gasteiger partial charge in [-0.05, 0) is 42.2 Å². The first-order valence-corrected chi connectivity index (χ1v) is 11.2. The standard InChI is InChI=1S/C21H23FN2O3S/c1-14-10-16(8-9-19(14)22)21(25)23-11-17-12-24(28(2,26)27)20(18(17)13-23)15-6-4-3-5-7-15/h3-10,17-18,20H,11-13H2,1-2H3/t17-,18-,20+/m1/s1. The van der Waals surface area contributed by atoms with Gasteiger partial charge in [-0.3, -0.25) is 4.79 Å². The second-order valence-corrected chi connectivity index (χ2v) is 9.72. The van der Waals surface area contributed by atoms with Gasteiger partial charge in [-0.25, -0.2) is 12.8 Å². The summed E-state index contributed by atoms with van der Waals surface area (Å²) < 4.78 is 39.8.